The summed E-state index contributed by atoms with van der Waals surface area (Å²) in [5.41, 5.74) is 8.28. The Kier molecular flexibility index (Phi) is 3.67. The number of ether oxygens (including phenoxy) is 1. The van der Waals surface area contributed by atoms with Gasteiger partial charge in [0, 0.05) is 10.9 Å². The van der Waals surface area contributed by atoms with Gasteiger partial charge in [-0.25, -0.2) is 0 Å². The molecule has 0 aliphatic carbocycles. The molecule has 0 spiro atoms. The van der Waals surface area contributed by atoms with E-state index in [1.165, 1.54) is 6.07 Å². The van der Waals surface area contributed by atoms with Crippen molar-refractivity contribution >= 4 is 16.3 Å². The number of benzene rings is 1. The lowest BCUT2D eigenvalue weighted by Gasteiger charge is -2.22. The van der Waals surface area contributed by atoms with Crippen LogP contribution in [0.25, 0.3) is 11.3 Å². The first-order chi connectivity index (χ1) is 12.6. The standard InChI is InChI=1S/C17H11N5O3S/c18-8-10-13(11-6-7-12(26-11)22(23)24)14-15(9-4-2-1-3-5-9)20-21-17(14)25-16(10)19/h1-7,13H,19H2,(H,20,21)/t13-/m1/s1. The molecule has 26 heavy (non-hydrogen) atoms. The Bertz CT molecular complexity index is 1080. The maximum atomic E-state index is 11.1. The normalized spacial score (nSPS) is 15.9. The van der Waals surface area contributed by atoms with Crippen molar-refractivity contribution in [1.82, 2.24) is 10.2 Å². The summed E-state index contributed by atoms with van der Waals surface area (Å²) in [6.45, 7) is 0. The molecule has 0 unspecified atom stereocenters. The molecule has 3 N–H and O–H groups in total. The molecule has 0 amide bonds. The minimum atomic E-state index is -0.587. The second-order valence-electron chi connectivity index (χ2n) is 5.54. The van der Waals surface area contributed by atoms with Gasteiger partial charge in [-0.3, -0.25) is 15.2 Å². The zero-order chi connectivity index (χ0) is 18.3. The topological polar surface area (TPSA) is 131 Å². The van der Waals surface area contributed by atoms with Crippen LogP contribution in [0.1, 0.15) is 16.4 Å². The Morgan fingerprint density at radius 3 is 2.73 bits per heavy atom. The highest BCUT2D eigenvalue weighted by atomic mass is 32.1. The number of fused-ring (bicyclic) bond motifs is 1. The Balaban J connectivity index is 1.93. The third-order valence-electron chi connectivity index (χ3n) is 4.08. The maximum Gasteiger partial charge on any atom is 0.324 e. The van der Waals surface area contributed by atoms with Crippen molar-refractivity contribution in [3.8, 4) is 23.2 Å². The second-order valence-corrected chi connectivity index (χ2v) is 6.64. The van der Waals surface area contributed by atoms with Crippen molar-refractivity contribution in [2.24, 2.45) is 5.73 Å². The summed E-state index contributed by atoms with van der Waals surface area (Å²) in [6, 6.07) is 14.6. The molecule has 8 nitrogen and oxygen atoms in total. The number of aromatic amines is 1. The van der Waals surface area contributed by atoms with Gasteiger partial charge in [0.05, 0.1) is 22.1 Å². The van der Waals surface area contributed by atoms with Crippen molar-refractivity contribution in [1.29, 1.82) is 5.26 Å². The predicted octanol–water partition coefficient (Wildman–Crippen LogP) is 3.26. The van der Waals surface area contributed by atoms with Crippen LogP contribution in [0.5, 0.6) is 5.88 Å². The molecule has 1 aliphatic rings. The van der Waals surface area contributed by atoms with Crippen LogP contribution in [-0.2, 0) is 0 Å². The van der Waals surface area contributed by atoms with Crippen molar-refractivity contribution in [3.63, 3.8) is 0 Å². The van der Waals surface area contributed by atoms with Gasteiger partial charge in [0.15, 0.2) is 0 Å². The summed E-state index contributed by atoms with van der Waals surface area (Å²) in [5, 5.41) is 27.8. The molecule has 3 aromatic rings. The molecular weight excluding hydrogens is 354 g/mol. The molecule has 1 aromatic carbocycles. The summed E-state index contributed by atoms with van der Waals surface area (Å²) < 4.78 is 5.51. The number of H-pyrrole nitrogens is 1. The monoisotopic (exact) mass is 365 g/mol. The largest absolute Gasteiger partial charge is 0.420 e. The third kappa shape index (κ3) is 2.40. The molecule has 0 fully saturated rings. The highest BCUT2D eigenvalue weighted by Crippen LogP contribution is 2.47. The van der Waals surface area contributed by atoms with E-state index in [2.05, 4.69) is 16.3 Å². The maximum absolute atomic E-state index is 11.1. The number of nitrogens with zero attached hydrogens (tertiary/aromatic N) is 3. The van der Waals surface area contributed by atoms with Gasteiger partial charge in [0.25, 0.3) is 0 Å². The van der Waals surface area contributed by atoms with Crippen molar-refractivity contribution in [2.75, 3.05) is 0 Å². The molecule has 128 valence electrons. The van der Waals surface area contributed by atoms with E-state index in [4.69, 9.17) is 10.5 Å². The number of nitrogens with one attached hydrogen (secondary N) is 1. The number of nitriles is 1. The Labute approximate surface area is 151 Å². The molecule has 1 aliphatic heterocycles. The fraction of sp³-hybridized carbons (Fsp3) is 0.0588. The number of nitrogens with two attached hydrogens (primary N) is 1. The number of aromatic nitrogens is 2. The van der Waals surface area contributed by atoms with E-state index in [0.717, 1.165) is 16.9 Å². The van der Waals surface area contributed by atoms with Crippen LogP contribution in [0.4, 0.5) is 5.00 Å². The molecule has 0 radical (unpaired) electrons. The predicted molar refractivity (Wildman–Crippen MR) is 94.3 cm³/mol. The first-order valence-electron chi connectivity index (χ1n) is 7.55. The smallest absolute Gasteiger partial charge is 0.324 e. The number of nitro groups is 1. The van der Waals surface area contributed by atoms with Crippen molar-refractivity contribution < 1.29 is 9.66 Å². The summed E-state index contributed by atoms with van der Waals surface area (Å²) in [5.74, 6) is -0.370. The van der Waals surface area contributed by atoms with Crippen LogP contribution >= 0.6 is 11.3 Å². The van der Waals surface area contributed by atoms with Gasteiger partial charge < -0.3 is 10.5 Å². The number of thiophene rings is 1. The van der Waals surface area contributed by atoms with Gasteiger partial charge in [0.1, 0.15) is 11.6 Å². The quantitative estimate of drug-likeness (QED) is 0.541. The Morgan fingerprint density at radius 1 is 1.31 bits per heavy atom. The SMILES string of the molecule is N#CC1=C(N)Oc2n[nH]c(-c3ccccc3)c2[C@H]1c1ccc([N+](=O)[O-])s1. The lowest BCUT2D eigenvalue weighted by atomic mass is 9.87. The van der Waals surface area contributed by atoms with Gasteiger partial charge >= 0.3 is 5.00 Å². The van der Waals surface area contributed by atoms with Gasteiger partial charge in [-0.05, 0) is 11.6 Å². The molecular formula is C17H11N5O3S. The molecule has 1 atom stereocenters. The first-order valence-corrected chi connectivity index (χ1v) is 8.37. The highest BCUT2D eigenvalue weighted by Gasteiger charge is 2.37. The zero-order valence-corrected chi connectivity index (χ0v) is 14.0. The van der Waals surface area contributed by atoms with Gasteiger partial charge in [0.2, 0.25) is 11.8 Å². The van der Waals surface area contributed by atoms with Crippen LogP contribution in [0.3, 0.4) is 0 Å². The molecule has 3 heterocycles. The highest BCUT2D eigenvalue weighted by molar-refractivity contribution is 7.15. The van der Waals surface area contributed by atoms with E-state index in [0.29, 0.717) is 16.1 Å². The van der Waals surface area contributed by atoms with Crippen LogP contribution in [0.15, 0.2) is 53.9 Å². The van der Waals surface area contributed by atoms with Crippen molar-refractivity contribution in [2.45, 2.75) is 5.92 Å². The lowest BCUT2D eigenvalue weighted by molar-refractivity contribution is -0.380. The number of hydrogen-bond donors (Lipinski definition) is 2. The van der Waals surface area contributed by atoms with Gasteiger partial charge in [-0.15, -0.1) is 5.10 Å². The molecule has 0 bridgehead atoms. The average molecular weight is 365 g/mol. The van der Waals surface area contributed by atoms with Crippen LogP contribution in [-0.4, -0.2) is 15.1 Å². The van der Waals surface area contributed by atoms with Crippen LogP contribution < -0.4 is 10.5 Å². The zero-order valence-electron chi connectivity index (χ0n) is 13.2. The lowest BCUT2D eigenvalue weighted by Crippen LogP contribution is -2.20. The van der Waals surface area contributed by atoms with E-state index in [-0.39, 0.29) is 22.3 Å². The Morgan fingerprint density at radius 2 is 2.08 bits per heavy atom. The third-order valence-corrected chi connectivity index (χ3v) is 5.18. The number of allylic oxidation sites excluding steroid dienone is 1. The van der Waals surface area contributed by atoms with E-state index in [9.17, 15) is 15.4 Å². The fourth-order valence-corrected chi connectivity index (χ4v) is 3.89. The average Bonchev–Trinajstić information content (AvgIpc) is 3.28. The number of rotatable bonds is 3. The molecule has 2 aromatic heterocycles. The summed E-state index contributed by atoms with van der Waals surface area (Å²) in [4.78, 5) is 11.2. The molecule has 4 rings (SSSR count). The van der Waals surface area contributed by atoms with Crippen LogP contribution in [0.2, 0.25) is 0 Å². The minimum Gasteiger partial charge on any atom is -0.420 e. The molecule has 0 saturated heterocycles. The first kappa shape index (κ1) is 15.9. The van der Waals surface area contributed by atoms with Gasteiger partial charge in [-0.1, -0.05) is 41.7 Å². The summed E-state index contributed by atoms with van der Waals surface area (Å²) >= 11 is 1.00. The van der Waals surface area contributed by atoms with E-state index in [1.807, 2.05) is 30.3 Å². The van der Waals surface area contributed by atoms with Crippen LogP contribution in [0, 0.1) is 21.4 Å². The fourth-order valence-electron chi connectivity index (χ4n) is 2.95. The number of hydrogen-bond acceptors (Lipinski definition) is 7. The van der Waals surface area contributed by atoms with Gasteiger partial charge in [-0.2, -0.15) is 5.26 Å². The minimum absolute atomic E-state index is 0.00587. The van der Waals surface area contributed by atoms with Crippen molar-refractivity contribution in [3.05, 3.63) is 74.5 Å². The second kappa shape index (κ2) is 6.02. The summed E-state index contributed by atoms with van der Waals surface area (Å²) in [6.07, 6.45) is 0. The van der Waals surface area contributed by atoms with E-state index >= 15 is 0 Å². The summed E-state index contributed by atoms with van der Waals surface area (Å²) in [7, 11) is 0. The molecule has 9 heteroatoms. The van der Waals surface area contributed by atoms with E-state index in [1.54, 1.807) is 6.07 Å². The molecule has 0 saturated carbocycles. The Hall–Kier alpha value is -3.64. The van der Waals surface area contributed by atoms with E-state index < -0.39 is 10.8 Å².